The van der Waals surface area contributed by atoms with Crippen molar-refractivity contribution in [2.24, 2.45) is 0 Å². The molecule has 0 bridgehead atoms. The molecule has 1 heterocycles. The third kappa shape index (κ3) is 4.71. The highest BCUT2D eigenvalue weighted by molar-refractivity contribution is 6.32. The number of anilines is 1. The maximum atomic E-state index is 12.2. The molecular formula is C10H13ClF3N3O2. The first-order chi connectivity index (χ1) is 8.74. The molecule has 0 aromatic carbocycles. The first-order valence-electron chi connectivity index (χ1n) is 5.32. The van der Waals surface area contributed by atoms with E-state index in [2.05, 4.69) is 10.4 Å². The molecule has 0 saturated heterocycles. The van der Waals surface area contributed by atoms with E-state index < -0.39 is 18.3 Å². The summed E-state index contributed by atoms with van der Waals surface area (Å²) in [5.41, 5.74) is -0.816. The van der Waals surface area contributed by atoms with Crippen molar-refractivity contribution in [3.63, 3.8) is 0 Å². The molecule has 0 spiro atoms. The average Bonchev–Trinajstić information content (AvgIpc) is 2.28. The van der Waals surface area contributed by atoms with Crippen LogP contribution in [0, 0.1) is 0 Å². The summed E-state index contributed by atoms with van der Waals surface area (Å²) in [4.78, 5) is 11.6. The fraction of sp³-hybridized carbons (Fsp3) is 0.600. The van der Waals surface area contributed by atoms with E-state index in [4.69, 9.17) is 16.3 Å². The Hall–Kier alpha value is -1.28. The predicted octanol–water partition coefficient (Wildman–Crippen LogP) is 1.91. The molecule has 1 aromatic rings. The zero-order valence-electron chi connectivity index (χ0n) is 10.3. The fourth-order valence-electron chi connectivity index (χ4n) is 1.41. The summed E-state index contributed by atoms with van der Waals surface area (Å²) >= 11 is 5.73. The van der Waals surface area contributed by atoms with Crippen molar-refractivity contribution in [1.82, 2.24) is 9.78 Å². The van der Waals surface area contributed by atoms with Gasteiger partial charge >= 0.3 is 6.18 Å². The monoisotopic (exact) mass is 299 g/mol. The Morgan fingerprint density at radius 1 is 1.58 bits per heavy atom. The van der Waals surface area contributed by atoms with Crippen LogP contribution < -0.4 is 10.9 Å². The summed E-state index contributed by atoms with van der Waals surface area (Å²) in [5, 5.41) is 5.93. The highest BCUT2D eigenvalue weighted by Gasteiger charge is 2.29. The molecule has 0 amide bonds. The highest BCUT2D eigenvalue weighted by atomic mass is 35.5. The van der Waals surface area contributed by atoms with Crippen LogP contribution in [0.15, 0.2) is 11.0 Å². The van der Waals surface area contributed by atoms with E-state index in [1.807, 2.05) is 0 Å². The molecule has 0 aliphatic heterocycles. The largest absolute Gasteiger partial charge is 0.408 e. The van der Waals surface area contributed by atoms with Crippen molar-refractivity contribution in [2.45, 2.75) is 25.7 Å². The van der Waals surface area contributed by atoms with Crippen LogP contribution in [0.25, 0.3) is 0 Å². The van der Waals surface area contributed by atoms with Gasteiger partial charge in [0.15, 0.2) is 0 Å². The number of hydrogen-bond acceptors (Lipinski definition) is 4. The number of hydrogen-bond donors (Lipinski definition) is 1. The summed E-state index contributed by atoms with van der Waals surface area (Å²) in [6, 6.07) is -0.165. The predicted molar refractivity (Wildman–Crippen MR) is 64.5 cm³/mol. The Bertz CT molecular complexity index is 490. The summed E-state index contributed by atoms with van der Waals surface area (Å²) in [6.45, 7) is 0.641. The van der Waals surface area contributed by atoms with E-state index in [9.17, 15) is 18.0 Å². The third-order valence-electron chi connectivity index (χ3n) is 2.13. The number of nitrogens with one attached hydrogen (secondary N) is 1. The van der Waals surface area contributed by atoms with Crippen LogP contribution in [0.1, 0.15) is 6.92 Å². The van der Waals surface area contributed by atoms with Gasteiger partial charge in [-0.3, -0.25) is 4.79 Å². The van der Waals surface area contributed by atoms with E-state index in [0.29, 0.717) is 6.61 Å². The van der Waals surface area contributed by atoms with Gasteiger partial charge in [-0.25, -0.2) is 4.68 Å². The normalized spacial score (nSPS) is 13.4. The lowest BCUT2D eigenvalue weighted by Gasteiger charge is -2.16. The average molecular weight is 300 g/mol. The Labute approximate surface area is 112 Å². The lowest BCUT2D eigenvalue weighted by atomic mass is 10.3. The van der Waals surface area contributed by atoms with Gasteiger partial charge in [-0.15, -0.1) is 0 Å². The number of aromatic nitrogens is 2. The van der Waals surface area contributed by atoms with Crippen molar-refractivity contribution in [2.75, 3.05) is 19.0 Å². The second kappa shape index (κ2) is 6.25. The number of rotatable bonds is 5. The SMILES string of the molecule is COCC(C)Nc1cnn(CC(F)(F)F)c(=O)c1Cl. The van der Waals surface area contributed by atoms with Gasteiger partial charge in [-0.05, 0) is 6.92 Å². The first kappa shape index (κ1) is 15.8. The van der Waals surface area contributed by atoms with Crippen LogP contribution in [0.5, 0.6) is 0 Å². The van der Waals surface area contributed by atoms with Crippen molar-refractivity contribution in [3.8, 4) is 0 Å². The molecule has 5 nitrogen and oxygen atoms in total. The molecule has 0 fully saturated rings. The van der Waals surface area contributed by atoms with Crippen molar-refractivity contribution >= 4 is 17.3 Å². The fourth-order valence-corrected chi connectivity index (χ4v) is 1.61. The van der Waals surface area contributed by atoms with Gasteiger partial charge in [0.1, 0.15) is 11.6 Å². The maximum Gasteiger partial charge on any atom is 0.408 e. The number of nitrogens with zero attached hydrogens (tertiary/aromatic N) is 2. The maximum absolute atomic E-state index is 12.2. The minimum absolute atomic E-state index is 0.165. The molecule has 1 atom stereocenters. The van der Waals surface area contributed by atoms with Crippen molar-refractivity contribution in [1.29, 1.82) is 0 Å². The Kier molecular flexibility index (Phi) is 5.19. The molecule has 1 rings (SSSR count). The van der Waals surface area contributed by atoms with Crippen LogP contribution in [0.2, 0.25) is 5.02 Å². The molecule has 0 saturated carbocycles. The van der Waals surface area contributed by atoms with Gasteiger partial charge < -0.3 is 10.1 Å². The van der Waals surface area contributed by atoms with Crippen molar-refractivity contribution < 1.29 is 17.9 Å². The topological polar surface area (TPSA) is 56.1 Å². The minimum Gasteiger partial charge on any atom is -0.383 e. The van der Waals surface area contributed by atoms with Gasteiger partial charge in [-0.2, -0.15) is 18.3 Å². The molecule has 1 aromatic heterocycles. The van der Waals surface area contributed by atoms with Crippen molar-refractivity contribution in [3.05, 3.63) is 21.6 Å². The molecule has 0 radical (unpaired) electrons. The Balaban J connectivity index is 2.95. The summed E-state index contributed by atoms with van der Waals surface area (Å²) in [6.07, 6.45) is -3.44. The van der Waals surface area contributed by atoms with E-state index in [1.165, 1.54) is 7.11 Å². The van der Waals surface area contributed by atoms with Gasteiger partial charge in [0, 0.05) is 13.2 Å². The summed E-state index contributed by atoms with van der Waals surface area (Å²) < 4.78 is 41.7. The molecule has 0 aliphatic carbocycles. The zero-order chi connectivity index (χ0) is 14.6. The Morgan fingerprint density at radius 3 is 2.74 bits per heavy atom. The highest BCUT2D eigenvalue weighted by Crippen LogP contribution is 2.19. The number of halogens is 4. The van der Waals surface area contributed by atoms with Gasteiger partial charge in [0.05, 0.1) is 18.5 Å². The van der Waals surface area contributed by atoms with E-state index >= 15 is 0 Å². The smallest absolute Gasteiger partial charge is 0.383 e. The molecule has 108 valence electrons. The lowest BCUT2D eigenvalue weighted by Crippen LogP contribution is -2.31. The minimum atomic E-state index is -4.53. The van der Waals surface area contributed by atoms with E-state index in [0.717, 1.165) is 6.20 Å². The van der Waals surface area contributed by atoms with Gasteiger partial charge in [0.2, 0.25) is 0 Å². The second-order valence-electron chi connectivity index (χ2n) is 3.95. The molecular weight excluding hydrogens is 287 g/mol. The zero-order valence-corrected chi connectivity index (χ0v) is 11.0. The summed E-state index contributed by atoms with van der Waals surface area (Å²) in [5.74, 6) is 0. The molecule has 19 heavy (non-hydrogen) atoms. The number of alkyl halides is 3. The second-order valence-corrected chi connectivity index (χ2v) is 4.33. The van der Waals surface area contributed by atoms with Crippen LogP contribution >= 0.6 is 11.6 Å². The van der Waals surface area contributed by atoms with Gasteiger partial charge in [0.25, 0.3) is 5.56 Å². The van der Waals surface area contributed by atoms with Crippen LogP contribution in [-0.2, 0) is 11.3 Å². The molecule has 9 heteroatoms. The lowest BCUT2D eigenvalue weighted by molar-refractivity contribution is -0.143. The first-order valence-corrected chi connectivity index (χ1v) is 5.70. The quantitative estimate of drug-likeness (QED) is 0.902. The number of ether oxygens (including phenoxy) is 1. The third-order valence-corrected chi connectivity index (χ3v) is 2.50. The molecule has 0 aliphatic rings. The Morgan fingerprint density at radius 2 is 2.21 bits per heavy atom. The van der Waals surface area contributed by atoms with E-state index in [1.54, 1.807) is 6.92 Å². The standard InChI is InChI=1S/C10H13ClF3N3O2/c1-6(4-19-2)16-7-3-15-17(5-10(12,13)14)9(18)8(7)11/h3,6,16H,4-5H2,1-2H3. The van der Waals surface area contributed by atoms with Crippen LogP contribution in [0.4, 0.5) is 18.9 Å². The van der Waals surface area contributed by atoms with E-state index in [-0.39, 0.29) is 21.4 Å². The van der Waals surface area contributed by atoms with Gasteiger partial charge in [-0.1, -0.05) is 11.6 Å². The molecule has 1 N–H and O–H groups in total. The van der Waals surface area contributed by atoms with Crippen LogP contribution in [-0.4, -0.2) is 35.7 Å². The molecule has 1 unspecified atom stereocenters. The number of methoxy groups -OCH3 is 1. The van der Waals surface area contributed by atoms with Crippen LogP contribution in [0.3, 0.4) is 0 Å². The summed E-state index contributed by atoms with van der Waals surface area (Å²) in [7, 11) is 1.50.